The molecule has 1 nitrogen and oxygen atoms in total. The summed E-state index contributed by atoms with van der Waals surface area (Å²) in [5, 5.41) is 1.01. The molecular weight excluding hydrogens is 206 g/mol. The molecule has 12 heavy (non-hydrogen) atoms. The first-order valence-corrected chi connectivity index (χ1v) is 6.88. The third kappa shape index (κ3) is 2.92. The summed E-state index contributed by atoms with van der Waals surface area (Å²) in [7, 11) is 2.98. The largest absolute Gasteiger partial charge is 0.249 e. The molecule has 1 aromatic rings. The number of pyridine rings is 1. The highest BCUT2D eigenvalue weighted by atomic mass is 33.5. The highest BCUT2D eigenvalue weighted by Crippen LogP contribution is 2.32. The number of hydrogen-bond donors (Lipinski definition) is 1. The van der Waals surface area contributed by atoms with Crippen LogP contribution in [0.2, 0.25) is 0 Å². The topological polar surface area (TPSA) is 12.9 Å². The fourth-order valence-corrected chi connectivity index (χ4v) is 2.33. The van der Waals surface area contributed by atoms with Crippen molar-refractivity contribution in [3.05, 3.63) is 23.9 Å². The van der Waals surface area contributed by atoms with Crippen molar-refractivity contribution in [1.29, 1.82) is 0 Å². The quantitative estimate of drug-likeness (QED) is 0.611. The highest BCUT2D eigenvalue weighted by Gasteiger charge is 1.99. The summed E-state index contributed by atoms with van der Waals surface area (Å²) in [5.74, 6) is 0.556. The number of hydrogen-bond acceptors (Lipinski definition) is 4. The van der Waals surface area contributed by atoms with E-state index in [0.29, 0.717) is 5.92 Å². The van der Waals surface area contributed by atoms with Crippen LogP contribution in [-0.4, -0.2) is 4.98 Å². The van der Waals surface area contributed by atoms with E-state index in [2.05, 4.69) is 36.6 Å². The van der Waals surface area contributed by atoms with Crippen LogP contribution in [0, 0.1) is 0 Å². The summed E-state index contributed by atoms with van der Waals surface area (Å²) in [6.07, 6.45) is 1.93. The predicted molar refractivity (Wildman–Crippen MR) is 60.8 cm³/mol. The summed E-state index contributed by atoms with van der Waals surface area (Å²) < 4.78 is 0. The normalized spacial score (nSPS) is 10.7. The molecule has 0 amide bonds. The van der Waals surface area contributed by atoms with Crippen LogP contribution >= 0.6 is 32.3 Å². The second-order valence-electron chi connectivity index (χ2n) is 2.74. The van der Waals surface area contributed by atoms with Gasteiger partial charge in [-0.1, -0.05) is 31.6 Å². The maximum atomic E-state index is 4.28. The van der Waals surface area contributed by atoms with Crippen molar-refractivity contribution in [2.75, 3.05) is 0 Å². The van der Waals surface area contributed by atoms with Gasteiger partial charge in [0.1, 0.15) is 5.03 Å². The van der Waals surface area contributed by atoms with Gasteiger partial charge in [0.15, 0.2) is 0 Å². The van der Waals surface area contributed by atoms with Gasteiger partial charge >= 0.3 is 0 Å². The fourth-order valence-electron chi connectivity index (χ4n) is 0.821. The lowest BCUT2D eigenvalue weighted by Gasteiger charge is -2.04. The first-order chi connectivity index (χ1) is 5.74. The van der Waals surface area contributed by atoms with Gasteiger partial charge in [-0.2, -0.15) is 0 Å². The summed E-state index contributed by atoms with van der Waals surface area (Å²) in [6, 6.07) is 4.15. The van der Waals surface area contributed by atoms with Gasteiger partial charge in [-0.25, -0.2) is 4.98 Å². The zero-order valence-electron chi connectivity index (χ0n) is 7.02. The maximum absolute atomic E-state index is 4.28. The summed E-state index contributed by atoms with van der Waals surface area (Å²) in [4.78, 5) is 4.28. The first-order valence-electron chi connectivity index (χ1n) is 3.68. The molecule has 0 spiro atoms. The lowest BCUT2D eigenvalue weighted by molar-refractivity contribution is 0.851. The van der Waals surface area contributed by atoms with Gasteiger partial charge in [0.2, 0.25) is 0 Å². The van der Waals surface area contributed by atoms with E-state index in [0.717, 1.165) is 5.03 Å². The van der Waals surface area contributed by atoms with Gasteiger partial charge in [0, 0.05) is 6.20 Å². The van der Waals surface area contributed by atoms with Gasteiger partial charge in [-0.3, -0.25) is 0 Å². The van der Waals surface area contributed by atoms with Gasteiger partial charge in [0.05, 0.1) is 0 Å². The molecule has 1 rings (SSSR count). The average Bonchev–Trinajstić information content (AvgIpc) is 2.06. The molecule has 0 atom stereocenters. The molecule has 0 unspecified atom stereocenters. The van der Waals surface area contributed by atoms with Gasteiger partial charge in [-0.15, -0.1) is 0 Å². The zero-order valence-corrected chi connectivity index (χ0v) is 9.55. The van der Waals surface area contributed by atoms with Gasteiger partial charge in [-0.05, 0) is 38.2 Å². The Morgan fingerprint density at radius 1 is 1.42 bits per heavy atom. The number of nitrogens with zero attached hydrogens (tertiary/aromatic N) is 1. The lowest BCUT2D eigenvalue weighted by Crippen LogP contribution is -1.88. The Kier molecular flexibility index (Phi) is 4.32. The predicted octanol–water partition coefficient (Wildman–Crippen LogP) is 3.79. The summed E-state index contributed by atoms with van der Waals surface area (Å²) in [5.41, 5.74) is 1.28. The van der Waals surface area contributed by atoms with Crippen LogP contribution in [0.15, 0.2) is 23.4 Å². The number of aromatic nitrogens is 1. The summed E-state index contributed by atoms with van der Waals surface area (Å²) >= 11 is 4.04. The number of rotatable bonds is 3. The van der Waals surface area contributed by atoms with Gasteiger partial charge < -0.3 is 0 Å². The standard InChI is InChI=1S/C8H11NS3/c1-6(2)7-3-4-8(9-5-7)11-12-10/h3-6,10H,1-2H3. The van der Waals surface area contributed by atoms with E-state index in [9.17, 15) is 0 Å². The molecule has 1 aromatic heterocycles. The fraction of sp³-hybridized carbons (Fsp3) is 0.375. The van der Waals surface area contributed by atoms with Crippen LogP contribution in [0.5, 0.6) is 0 Å². The second kappa shape index (κ2) is 5.04. The monoisotopic (exact) mass is 217 g/mol. The van der Waals surface area contributed by atoms with Crippen molar-refractivity contribution >= 4 is 32.3 Å². The molecule has 1 heterocycles. The molecule has 0 aliphatic rings. The van der Waals surface area contributed by atoms with Crippen LogP contribution in [0.4, 0.5) is 0 Å². The van der Waals surface area contributed by atoms with Crippen LogP contribution in [0.25, 0.3) is 0 Å². The van der Waals surface area contributed by atoms with Crippen molar-refractivity contribution in [2.24, 2.45) is 0 Å². The minimum atomic E-state index is 0.556. The van der Waals surface area contributed by atoms with Crippen molar-refractivity contribution in [3.63, 3.8) is 0 Å². The Labute approximate surface area is 85.9 Å². The van der Waals surface area contributed by atoms with Gasteiger partial charge in [0.25, 0.3) is 0 Å². The Bertz CT molecular complexity index is 233. The molecule has 0 aliphatic heterocycles. The molecular formula is C8H11NS3. The third-order valence-electron chi connectivity index (χ3n) is 1.55. The van der Waals surface area contributed by atoms with Crippen molar-refractivity contribution in [1.82, 2.24) is 4.98 Å². The maximum Gasteiger partial charge on any atom is 0.107 e. The van der Waals surface area contributed by atoms with Crippen LogP contribution in [-0.2, 0) is 0 Å². The SMILES string of the molecule is CC(C)c1ccc(SSS)nc1. The second-order valence-corrected chi connectivity index (χ2v) is 5.77. The van der Waals surface area contributed by atoms with Crippen molar-refractivity contribution in [3.8, 4) is 0 Å². The smallest absolute Gasteiger partial charge is 0.107 e. The molecule has 0 saturated carbocycles. The minimum absolute atomic E-state index is 0.556. The molecule has 0 aromatic carbocycles. The van der Waals surface area contributed by atoms with Crippen molar-refractivity contribution < 1.29 is 0 Å². The lowest BCUT2D eigenvalue weighted by atomic mass is 10.1. The number of thiol groups is 1. The minimum Gasteiger partial charge on any atom is -0.249 e. The van der Waals surface area contributed by atoms with E-state index >= 15 is 0 Å². The Hall–Kier alpha value is 0.200. The zero-order chi connectivity index (χ0) is 8.97. The molecule has 0 aliphatic carbocycles. The molecule has 4 heteroatoms. The molecule has 0 saturated heterocycles. The van der Waals surface area contributed by atoms with Crippen molar-refractivity contribution in [2.45, 2.75) is 24.8 Å². The molecule has 0 bridgehead atoms. The van der Waals surface area contributed by atoms with E-state index in [1.165, 1.54) is 15.4 Å². The van der Waals surface area contributed by atoms with E-state index in [4.69, 9.17) is 0 Å². The van der Waals surface area contributed by atoms with E-state index < -0.39 is 0 Å². The van der Waals surface area contributed by atoms with E-state index in [1.54, 1.807) is 10.8 Å². The summed E-state index contributed by atoms with van der Waals surface area (Å²) in [6.45, 7) is 4.33. The third-order valence-corrected chi connectivity index (χ3v) is 3.44. The van der Waals surface area contributed by atoms with E-state index in [-0.39, 0.29) is 0 Å². The van der Waals surface area contributed by atoms with E-state index in [1.807, 2.05) is 12.3 Å². The molecule has 0 radical (unpaired) electrons. The Morgan fingerprint density at radius 3 is 2.58 bits per heavy atom. The Balaban J connectivity index is 2.71. The molecule has 0 N–H and O–H groups in total. The van der Waals surface area contributed by atoms with Crippen LogP contribution < -0.4 is 0 Å². The van der Waals surface area contributed by atoms with Crippen LogP contribution in [0.3, 0.4) is 0 Å². The highest BCUT2D eigenvalue weighted by molar-refractivity contribution is 9.05. The van der Waals surface area contributed by atoms with Crippen LogP contribution in [0.1, 0.15) is 25.3 Å². The average molecular weight is 217 g/mol. The molecule has 66 valence electrons. The Morgan fingerprint density at radius 2 is 2.17 bits per heavy atom. The molecule has 0 fully saturated rings. The first kappa shape index (κ1) is 10.3.